The fourth-order valence-corrected chi connectivity index (χ4v) is 2.74. The minimum absolute atomic E-state index is 0.0174. The average molecular weight is 242 g/mol. The van der Waals surface area contributed by atoms with E-state index in [9.17, 15) is 9.59 Å². The van der Waals surface area contributed by atoms with Crippen LogP contribution in [0.5, 0.6) is 0 Å². The zero-order valence-electron chi connectivity index (χ0n) is 10.2. The quantitative estimate of drug-likeness (QED) is 0.544. The third kappa shape index (κ3) is 1.73. The predicted molar refractivity (Wildman–Crippen MR) is 58.2 cm³/mol. The highest BCUT2D eigenvalue weighted by Gasteiger charge is 2.68. The molecule has 0 amide bonds. The van der Waals surface area contributed by atoms with E-state index in [4.69, 9.17) is 14.2 Å². The molecule has 17 heavy (non-hydrogen) atoms. The largest absolute Gasteiger partial charge is 0.463 e. The van der Waals surface area contributed by atoms with Crippen LogP contribution in [0.2, 0.25) is 0 Å². The Morgan fingerprint density at radius 3 is 2.24 bits per heavy atom. The van der Waals surface area contributed by atoms with Gasteiger partial charge in [0, 0.05) is 5.92 Å². The number of rotatable bonds is 4. The van der Waals surface area contributed by atoms with Crippen LogP contribution >= 0.6 is 0 Å². The molecule has 2 atom stereocenters. The molecule has 0 spiro atoms. The summed E-state index contributed by atoms with van der Waals surface area (Å²) in [6.07, 6.45) is 2.73. The Bertz CT molecular complexity index is 307. The summed E-state index contributed by atoms with van der Waals surface area (Å²) in [6, 6.07) is 0. The third-order valence-corrected chi connectivity index (χ3v) is 3.47. The molecule has 0 aromatic rings. The van der Waals surface area contributed by atoms with Gasteiger partial charge in [-0.1, -0.05) is 6.42 Å². The summed E-state index contributed by atoms with van der Waals surface area (Å²) in [5.41, 5.74) is -1.48. The number of fused-ring (bicyclic) bond motifs is 1. The van der Waals surface area contributed by atoms with Gasteiger partial charge in [-0.25, -0.2) is 9.59 Å². The van der Waals surface area contributed by atoms with E-state index in [0.717, 1.165) is 19.3 Å². The average Bonchev–Trinajstić information content (AvgIpc) is 2.63. The molecule has 0 bridgehead atoms. The summed E-state index contributed by atoms with van der Waals surface area (Å²) in [7, 11) is 0. The molecule has 1 heterocycles. The molecular formula is C12H18O5. The van der Waals surface area contributed by atoms with Gasteiger partial charge in [-0.3, -0.25) is 0 Å². The number of carbonyl (C=O) groups is 2. The van der Waals surface area contributed by atoms with Crippen LogP contribution in [0, 0.1) is 5.92 Å². The van der Waals surface area contributed by atoms with Gasteiger partial charge >= 0.3 is 11.9 Å². The molecule has 0 radical (unpaired) electrons. The van der Waals surface area contributed by atoms with Crippen LogP contribution in [0.15, 0.2) is 0 Å². The highest BCUT2D eigenvalue weighted by molar-refractivity contribution is 6.05. The first kappa shape index (κ1) is 12.4. The Balaban J connectivity index is 2.18. The van der Waals surface area contributed by atoms with Gasteiger partial charge in [0.05, 0.1) is 19.3 Å². The second-order valence-electron chi connectivity index (χ2n) is 4.37. The van der Waals surface area contributed by atoms with E-state index < -0.39 is 17.5 Å². The molecule has 2 fully saturated rings. The van der Waals surface area contributed by atoms with Crippen LogP contribution in [-0.2, 0) is 23.8 Å². The lowest BCUT2D eigenvalue weighted by atomic mass is 9.78. The molecule has 0 N–H and O–H groups in total. The molecule has 1 saturated carbocycles. The van der Waals surface area contributed by atoms with Crippen molar-refractivity contribution in [2.45, 2.75) is 44.8 Å². The van der Waals surface area contributed by atoms with E-state index >= 15 is 0 Å². The summed E-state index contributed by atoms with van der Waals surface area (Å²) >= 11 is 0. The third-order valence-electron chi connectivity index (χ3n) is 3.47. The van der Waals surface area contributed by atoms with Crippen molar-refractivity contribution in [2.75, 3.05) is 13.2 Å². The second-order valence-corrected chi connectivity index (χ2v) is 4.37. The molecule has 1 aliphatic carbocycles. The Kier molecular flexibility index (Phi) is 3.38. The standard InChI is InChI=1S/C12H18O5/c1-3-15-10(13)12(11(14)16-4-2)8-6-5-7-9(8)17-12/h8-9H,3-7H2,1-2H3/t8-,9+/m1/s1. The molecule has 0 aromatic heterocycles. The molecule has 1 aliphatic heterocycles. The molecule has 0 unspecified atom stereocenters. The summed E-state index contributed by atoms with van der Waals surface area (Å²) in [5, 5.41) is 0. The lowest BCUT2D eigenvalue weighted by Crippen LogP contribution is -2.68. The zero-order valence-corrected chi connectivity index (χ0v) is 10.2. The number of hydrogen-bond donors (Lipinski definition) is 0. The lowest BCUT2D eigenvalue weighted by molar-refractivity contribution is -0.258. The smallest absolute Gasteiger partial charge is 0.350 e. The topological polar surface area (TPSA) is 61.8 Å². The van der Waals surface area contributed by atoms with Gasteiger partial charge < -0.3 is 14.2 Å². The van der Waals surface area contributed by atoms with Crippen LogP contribution in [0.4, 0.5) is 0 Å². The number of carbonyl (C=O) groups excluding carboxylic acids is 2. The van der Waals surface area contributed by atoms with Gasteiger partial charge in [-0.05, 0) is 26.7 Å². The van der Waals surface area contributed by atoms with Crippen molar-refractivity contribution < 1.29 is 23.8 Å². The molecule has 5 heteroatoms. The Morgan fingerprint density at radius 2 is 1.76 bits per heavy atom. The van der Waals surface area contributed by atoms with Crippen molar-refractivity contribution in [3.05, 3.63) is 0 Å². The molecule has 2 rings (SSSR count). The predicted octanol–water partition coefficient (Wildman–Crippen LogP) is 1.05. The molecule has 1 saturated heterocycles. The first-order valence-corrected chi connectivity index (χ1v) is 6.19. The van der Waals surface area contributed by atoms with Crippen molar-refractivity contribution in [1.29, 1.82) is 0 Å². The normalized spacial score (nSPS) is 29.1. The van der Waals surface area contributed by atoms with E-state index in [1.807, 2.05) is 0 Å². The minimum atomic E-state index is -1.48. The Hall–Kier alpha value is -1.10. The number of ether oxygens (including phenoxy) is 3. The fraction of sp³-hybridized carbons (Fsp3) is 0.833. The monoisotopic (exact) mass is 242 g/mol. The number of esters is 2. The second kappa shape index (κ2) is 4.64. The van der Waals surface area contributed by atoms with Crippen LogP contribution in [0.1, 0.15) is 33.1 Å². The lowest BCUT2D eigenvalue weighted by Gasteiger charge is -2.47. The minimum Gasteiger partial charge on any atom is -0.463 e. The van der Waals surface area contributed by atoms with Crippen LogP contribution in [0.25, 0.3) is 0 Å². The Morgan fingerprint density at radius 1 is 1.18 bits per heavy atom. The van der Waals surface area contributed by atoms with Crippen molar-refractivity contribution in [1.82, 2.24) is 0 Å². The van der Waals surface area contributed by atoms with Gasteiger partial charge in [0.25, 0.3) is 5.60 Å². The van der Waals surface area contributed by atoms with Gasteiger partial charge in [0.1, 0.15) is 0 Å². The van der Waals surface area contributed by atoms with E-state index in [0.29, 0.717) is 0 Å². The SMILES string of the molecule is CCOC(=O)C1(C(=O)OCC)O[C@H]2CCC[C@H]21. The van der Waals surface area contributed by atoms with Gasteiger partial charge in [0.2, 0.25) is 0 Å². The van der Waals surface area contributed by atoms with Crippen LogP contribution < -0.4 is 0 Å². The highest BCUT2D eigenvalue weighted by Crippen LogP contribution is 2.50. The van der Waals surface area contributed by atoms with Gasteiger partial charge in [0.15, 0.2) is 0 Å². The van der Waals surface area contributed by atoms with Crippen LogP contribution in [-0.4, -0.2) is 36.9 Å². The Labute approximate surface area is 100 Å². The molecule has 96 valence electrons. The molecule has 2 aliphatic rings. The van der Waals surface area contributed by atoms with E-state index in [-0.39, 0.29) is 25.2 Å². The zero-order chi connectivity index (χ0) is 12.5. The van der Waals surface area contributed by atoms with Crippen molar-refractivity contribution in [3.63, 3.8) is 0 Å². The highest BCUT2D eigenvalue weighted by atomic mass is 16.6. The van der Waals surface area contributed by atoms with Crippen molar-refractivity contribution >= 4 is 11.9 Å². The summed E-state index contributed by atoms with van der Waals surface area (Å²) < 4.78 is 15.5. The molecule has 0 aromatic carbocycles. The first-order valence-electron chi connectivity index (χ1n) is 6.19. The van der Waals surface area contributed by atoms with Crippen molar-refractivity contribution in [2.24, 2.45) is 5.92 Å². The van der Waals surface area contributed by atoms with E-state index in [1.165, 1.54) is 0 Å². The first-order chi connectivity index (χ1) is 8.16. The fourth-order valence-electron chi connectivity index (χ4n) is 2.74. The summed E-state index contributed by atoms with van der Waals surface area (Å²) in [6.45, 7) is 3.89. The van der Waals surface area contributed by atoms with E-state index in [1.54, 1.807) is 13.8 Å². The molecular weight excluding hydrogens is 224 g/mol. The van der Waals surface area contributed by atoms with Crippen molar-refractivity contribution in [3.8, 4) is 0 Å². The van der Waals surface area contributed by atoms with Gasteiger partial charge in [-0.2, -0.15) is 0 Å². The number of hydrogen-bond acceptors (Lipinski definition) is 5. The van der Waals surface area contributed by atoms with Crippen LogP contribution in [0.3, 0.4) is 0 Å². The summed E-state index contributed by atoms with van der Waals surface area (Å²) in [5.74, 6) is -1.26. The summed E-state index contributed by atoms with van der Waals surface area (Å²) in [4.78, 5) is 23.9. The van der Waals surface area contributed by atoms with Gasteiger partial charge in [-0.15, -0.1) is 0 Å². The van der Waals surface area contributed by atoms with E-state index in [2.05, 4.69) is 0 Å². The maximum atomic E-state index is 12.0. The maximum absolute atomic E-state index is 12.0. The molecule has 5 nitrogen and oxygen atoms in total. The maximum Gasteiger partial charge on any atom is 0.350 e.